The van der Waals surface area contributed by atoms with E-state index in [1.54, 1.807) is 6.20 Å². The van der Waals surface area contributed by atoms with Crippen LogP contribution in [0.1, 0.15) is 5.82 Å². The van der Waals surface area contributed by atoms with Gasteiger partial charge in [-0.25, -0.2) is 9.97 Å². The number of benzene rings is 1. The van der Waals surface area contributed by atoms with Crippen LogP contribution < -0.4 is 11.1 Å². The Balaban J connectivity index is 2.40. The van der Waals surface area contributed by atoms with Crippen molar-refractivity contribution in [3.05, 3.63) is 40.8 Å². The zero-order chi connectivity index (χ0) is 13.0. The standard InChI is InChI=1S/C13H15BrN4/c1-9-17-8-12(16-7-6-15)13(18-9)10-2-4-11(14)5-3-10/h2-5,8,16H,6-7,15H2,1H3. The van der Waals surface area contributed by atoms with Crippen molar-refractivity contribution in [2.24, 2.45) is 5.73 Å². The van der Waals surface area contributed by atoms with Gasteiger partial charge in [-0.3, -0.25) is 0 Å². The molecule has 0 amide bonds. The maximum Gasteiger partial charge on any atom is 0.126 e. The van der Waals surface area contributed by atoms with E-state index in [9.17, 15) is 0 Å². The fourth-order valence-electron chi connectivity index (χ4n) is 1.63. The van der Waals surface area contributed by atoms with E-state index in [-0.39, 0.29) is 0 Å². The Morgan fingerprint density at radius 1 is 1.28 bits per heavy atom. The lowest BCUT2D eigenvalue weighted by atomic mass is 10.1. The Labute approximate surface area is 115 Å². The molecule has 0 aliphatic heterocycles. The Morgan fingerprint density at radius 2 is 2.00 bits per heavy atom. The average molecular weight is 307 g/mol. The quantitative estimate of drug-likeness (QED) is 0.911. The predicted octanol–water partition coefficient (Wildman–Crippen LogP) is 2.59. The molecule has 1 aromatic heterocycles. The molecule has 1 heterocycles. The van der Waals surface area contributed by atoms with E-state index in [0.29, 0.717) is 13.1 Å². The molecule has 18 heavy (non-hydrogen) atoms. The van der Waals surface area contributed by atoms with Gasteiger partial charge in [0.05, 0.1) is 17.6 Å². The van der Waals surface area contributed by atoms with E-state index >= 15 is 0 Å². The van der Waals surface area contributed by atoms with E-state index in [1.165, 1.54) is 0 Å². The fourth-order valence-corrected chi connectivity index (χ4v) is 1.90. The van der Waals surface area contributed by atoms with Gasteiger partial charge >= 0.3 is 0 Å². The Morgan fingerprint density at radius 3 is 2.67 bits per heavy atom. The number of aryl methyl sites for hydroxylation is 1. The first-order valence-corrected chi connectivity index (χ1v) is 6.53. The van der Waals surface area contributed by atoms with Crippen molar-refractivity contribution in [3.8, 4) is 11.3 Å². The predicted molar refractivity (Wildman–Crippen MR) is 77.4 cm³/mol. The highest BCUT2D eigenvalue weighted by molar-refractivity contribution is 9.10. The lowest BCUT2D eigenvalue weighted by Crippen LogP contribution is -2.14. The van der Waals surface area contributed by atoms with Gasteiger partial charge in [0.1, 0.15) is 5.82 Å². The van der Waals surface area contributed by atoms with Crippen molar-refractivity contribution in [3.63, 3.8) is 0 Å². The number of nitrogens with one attached hydrogen (secondary N) is 1. The maximum absolute atomic E-state index is 5.51. The molecular formula is C13H15BrN4. The fraction of sp³-hybridized carbons (Fsp3) is 0.231. The zero-order valence-corrected chi connectivity index (χ0v) is 11.7. The largest absolute Gasteiger partial charge is 0.381 e. The minimum Gasteiger partial charge on any atom is -0.381 e. The molecule has 0 saturated heterocycles. The number of hydrogen-bond acceptors (Lipinski definition) is 4. The van der Waals surface area contributed by atoms with Crippen LogP contribution in [0.3, 0.4) is 0 Å². The molecule has 2 aromatic rings. The highest BCUT2D eigenvalue weighted by Gasteiger charge is 2.07. The number of nitrogens with two attached hydrogens (primary N) is 1. The lowest BCUT2D eigenvalue weighted by molar-refractivity contribution is 1.00. The minimum absolute atomic E-state index is 0.577. The summed E-state index contributed by atoms with van der Waals surface area (Å²) in [4.78, 5) is 8.71. The average Bonchev–Trinajstić information content (AvgIpc) is 2.38. The summed E-state index contributed by atoms with van der Waals surface area (Å²) in [6.45, 7) is 3.17. The first-order chi connectivity index (χ1) is 8.70. The minimum atomic E-state index is 0.577. The third-order valence-electron chi connectivity index (χ3n) is 2.49. The number of aromatic nitrogens is 2. The van der Waals surface area contributed by atoms with E-state index in [0.717, 1.165) is 27.2 Å². The van der Waals surface area contributed by atoms with E-state index in [1.807, 2.05) is 31.2 Å². The summed E-state index contributed by atoms with van der Waals surface area (Å²) < 4.78 is 1.05. The third-order valence-corrected chi connectivity index (χ3v) is 3.02. The van der Waals surface area contributed by atoms with Crippen LogP contribution in [0.2, 0.25) is 0 Å². The van der Waals surface area contributed by atoms with Crippen LogP contribution in [0, 0.1) is 6.92 Å². The van der Waals surface area contributed by atoms with Gasteiger partial charge in [-0.2, -0.15) is 0 Å². The number of anilines is 1. The van der Waals surface area contributed by atoms with Crippen molar-refractivity contribution < 1.29 is 0 Å². The van der Waals surface area contributed by atoms with Gasteiger partial charge in [-0.1, -0.05) is 28.1 Å². The van der Waals surface area contributed by atoms with Gasteiger partial charge in [0.15, 0.2) is 0 Å². The summed E-state index contributed by atoms with van der Waals surface area (Å²) >= 11 is 3.43. The summed E-state index contributed by atoms with van der Waals surface area (Å²) in [5, 5.41) is 3.24. The number of hydrogen-bond donors (Lipinski definition) is 2. The van der Waals surface area contributed by atoms with Crippen molar-refractivity contribution in [1.29, 1.82) is 0 Å². The van der Waals surface area contributed by atoms with Crippen LogP contribution in [0.5, 0.6) is 0 Å². The number of halogens is 1. The second-order valence-electron chi connectivity index (χ2n) is 3.90. The Hall–Kier alpha value is -1.46. The molecule has 4 nitrogen and oxygen atoms in total. The highest BCUT2D eigenvalue weighted by Crippen LogP contribution is 2.26. The Kier molecular flexibility index (Phi) is 4.28. The molecule has 0 bridgehead atoms. The van der Waals surface area contributed by atoms with Crippen molar-refractivity contribution in [2.45, 2.75) is 6.92 Å². The summed E-state index contributed by atoms with van der Waals surface area (Å²) in [6.07, 6.45) is 1.80. The molecule has 3 N–H and O–H groups in total. The van der Waals surface area contributed by atoms with Gasteiger partial charge in [0.25, 0.3) is 0 Å². The van der Waals surface area contributed by atoms with Crippen molar-refractivity contribution in [1.82, 2.24) is 9.97 Å². The van der Waals surface area contributed by atoms with E-state index in [2.05, 4.69) is 31.2 Å². The van der Waals surface area contributed by atoms with Crippen LogP contribution in [0.4, 0.5) is 5.69 Å². The van der Waals surface area contributed by atoms with Gasteiger partial charge in [0, 0.05) is 23.1 Å². The molecule has 2 rings (SSSR count). The molecule has 0 aliphatic carbocycles. The van der Waals surface area contributed by atoms with Gasteiger partial charge in [-0.05, 0) is 19.1 Å². The normalized spacial score (nSPS) is 10.4. The number of nitrogens with zero attached hydrogens (tertiary/aromatic N) is 2. The second-order valence-corrected chi connectivity index (χ2v) is 4.82. The first-order valence-electron chi connectivity index (χ1n) is 5.74. The number of rotatable bonds is 4. The van der Waals surface area contributed by atoms with Gasteiger partial charge < -0.3 is 11.1 Å². The first kappa shape index (κ1) is 13.0. The molecule has 94 valence electrons. The molecule has 0 unspecified atom stereocenters. The smallest absolute Gasteiger partial charge is 0.126 e. The summed E-state index contributed by atoms with van der Waals surface area (Å²) in [6, 6.07) is 8.05. The van der Waals surface area contributed by atoms with Crippen LogP contribution in [-0.2, 0) is 0 Å². The topological polar surface area (TPSA) is 63.8 Å². The zero-order valence-electron chi connectivity index (χ0n) is 10.2. The van der Waals surface area contributed by atoms with E-state index in [4.69, 9.17) is 5.73 Å². The molecule has 0 atom stereocenters. The van der Waals surface area contributed by atoms with Gasteiger partial charge in [0.2, 0.25) is 0 Å². The van der Waals surface area contributed by atoms with Crippen molar-refractivity contribution >= 4 is 21.6 Å². The molecule has 0 spiro atoms. The van der Waals surface area contributed by atoms with Crippen LogP contribution >= 0.6 is 15.9 Å². The van der Waals surface area contributed by atoms with Crippen molar-refractivity contribution in [2.75, 3.05) is 18.4 Å². The molecule has 5 heteroatoms. The third kappa shape index (κ3) is 3.05. The lowest BCUT2D eigenvalue weighted by Gasteiger charge is -2.11. The molecule has 0 saturated carbocycles. The van der Waals surface area contributed by atoms with Crippen LogP contribution in [-0.4, -0.2) is 23.1 Å². The Bertz CT molecular complexity index is 525. The molecule has 0 fully saturated rings. The summed E-state index contributed by atoms with van der Waals surface area (Å²) in [5.74, 6) is 0.756. The summed E-state index contributed by atoms with van der Waals surface area (Å²) in [7, 11) is 0. The van der Waals surface area contributed by atoms with Crippen LogP contribution in [0.25, 0.3) is 11.3 Å². The SMILES string of the molecule is Cc1ncc(NCCN)c(-c2ccc(Br)cc2)n1. The molecule has 1 aromatic carbocycles. The summed E-state index contributed by atoms with van der Waals surface area (Å²) in [5.41, 5.74) is 8.38. The van der Waals surface area contributed by atoms with Gasteiger partial charge in [-0.15, -0.1) is 0 Å². The monoisotopic (exact) mass is 306 g/mol. The van der Waals surface area contributed by atoms with E-state index < -0.39 is 0 Å². The van der Waals surface area contributed by atoms with Crippen LogP contribution in [0.15, 0.2) is 34.9 Å². The highest BCUT2D eigenvalue weighted by atomic mass is 79.9. The molecule has 0 aliphatic rings. The molecular weight excluding hydrogens is 292 g/mol. The molecule has 0 radical (unpaired) electrons. The maximum atomic E-state index is 5.51. The second kappa shape index (κ2) is 5.93.